The predicted molar refractivity (Wildman–Crippen MR) is 109 cm³/mol. The van der Waals surface area contributed by atoms with E-state index in [1.807, 2.05) is 0 Å². The van der Waals surface area contributed by atoms with Crippen molar-refractivity contribution < 1.29 is 22.7 Å². The fourth-order valence-electron chi connectivity index (χ4n) is 2.30. The minimum Gasteiger partial charge on any atom is -0.497 e. The first-order valence-corrected chi connectivity index (χ1v) is 10.3. The van der Waals surface area contributed by atoms with Crippen LogP contribution in [-0.2, 0) is 14.8 Å². The van der Waals surface area contributed by atoms with Crippen LogP contribution < -0.4 is 25.6 Å². The highest BCUT2D eigenvalue weighted by Gasteiger charge is 2.16. The first-order chi connectivity index (χ1) is 13.7. The molecule has 0 aliphatic carbocycles. The summed E-state index contributed by atoms with van der Waals surface area (Å²) in [5.41, 5.74) is 5.50. The van der Waals surface area contributed by atoms with E-state index in [-0.39, 0.29) is 23.0 Å². The molecule has 0 atom stereocenters. The van der Waals surface area contributed by atoms with Gasteiger partial charge in [-0.1, -0.05) is 0 Å². The van der Waals surface area contributed by atoms with E-state index in [1.165, 1.54) is 24.3 Å². The SMILES string of the molecule is COc1ccc(NCC(=O)NNC(=O)c2ccc(S(=O)(=O)NC(C)C)cc2)cc1. The molecule has 0 saturated carbocycles. The molecule has 0 heterocycles. The van der Waals surface area contributed by atoms with Gasteiger partial charge in [-0.2, -0.15) is 0 Å². The zero-order valence-corrected chi connectivity index (χ0v) is 17.2. The lowest BCUT2D eigenvalue weighted by atomic mass is 10.2. The maximum Gasteiger partial charge on any atom is 0.269 e. The van der Waals surface area contributed by atoms with E-state index >= 15 is 0 Å². The second-order valence-electron chi connectivity index (χ2n) is 6.38. The third-order valence-corrected chi connectivity index (χ3v) is 5.35. The Hall–Kier alpha value is -3.11. The molecular formula is C19H24N4O5S. The summed E-state index contributed by atoms with van der Waals surface area (Å²) in [5.74, 6) is -0.316. The molecule has 0 fully saturated rings. The molecule has 0 spiro atoms. The van der Waals surface area contributed by atoms with E-state index in [0.717, 1.165) is 5.69 Å². The fourth-order valence-corrected chi connectivity index (χ4v) is 3.55. The second-order valence-corrected chi connectivity index (χ2v) is 8.10. The van der Waals surface area contributed by atoms with Crippen molar-refractivity contribution in [2.45, 2.75) is 24.8 Å². The number of sulfonamides is 1. The number of amides is 2. The summed E-state index contributed by atoms with van der Waals surface area (Å²) in [6.07, 6.45) is 0. The maximum atomic E-state index is 12.1. The molecule has 0 unspecified atom stereocenters. The average molecular weight is 420 g/mol. The van der Waals surface area contributed by atoms with Crippen LogP contribution in [0.3, 0.4) is 0 Å². The summed E-state index contributed by atoms with van der Waals surface area (Å²) in [6, 6.07) is 12.2. The van der Waals surface area contributed by atoms with Crippen molar-refractivity contribution in [3.63, 3.8) is 0 Å². The van der Waals surface area contributed by atoms with Gasteiger partial charge in [0, 0.05) is 17.3 Å². The van der Waals surface area contributed by atoms with Gasteiger partial charge in [-0.05, 0) is 62.4 Å². The van der Waals surface area contributed by atoms with Crippen LogP contribution in [0.2, 0.25) is 0 Å². The number of anilines is 1. The lowest BCUT2D eigenvalue weighted by Crippen LogP contribution is -2.44. The fraction of sp³-hybridized carbons (Fsp3) is 0.263. The highest BCUT2D eigenvalue weighted by molar-refractivity contribution is 7.89. The van der Waals surface area contributed by atoms with Crippen LogP contribution in [-0.4, -0.2) is 39.9 Å². The van der Waals surface area contributed by atoms with Gasteiger partial charge in [0.05, 0.1) is 18.6 Å². The molecule has 2 rings (SSSR count). The van der Waals surface area contributed by atoms with E-state index in [0.29, 0.717) is 5.75 Å². The Bertz CT molecular complexity index is 942. The molecule has 0 radical (unpaired) electrons. The van der Waals surface area contributed by atoms with Crippen LogP contribution in [0.4, 0.5) is 5.69 Å². The van der Waals surface area contributed by atoms with Crippen molar-refractivity contribution in [1.82, 2.24) is 15.6 Å². The lowest BCUT2D eigenvalue weighted by Gasteiger charge is -2.11. The van der Waals surface area contributed by atoms with Crippen molar-refractivity contribution in [2.75, 3.05) is 19.0 Å². The van der Waals surface area contributed by atoms with E-state index in [1.54, 1.807) is 45.2 Å². The molecule has 0 bridgehead atoms. The Kier molecular flexibility index (Phi) is 7.57. The molecular weight excluding hydrogens is 396 g/mol. The Labute approximate surface area is 169 Å². The standard InChI is InChI=1S/C19H24N4O5S/c1-13(2)23-29(26,27)17-10-4-14(5-11-17)19(25)22-21-18(24)12-20-15-6-8-16(28-3)9-7-15/h4-11,13,20,23H,12H2,1-3H3,(H,21,24)(H,22,25). The van der Waals surface area contributed by atoms with Crippen LogP contribution in [0.15, 0.2) is 53.4 Å². The van der Waals surface area contributed by atoms with Crippen molar-refractivity contribution in [3.8, 4) is 5.75 Å². The van der Waals surface area contributed by atoms with Gasteiger partial charge in [-0.3, -0.25) is 20.4 Å². The molecule has 9 nitrogen and oxygen atoms in total. The van der Waals surface area contributed by atoms with Gasteiger partial charge < -0.3 is 10.1 Å². The van der Waals surface area contributed by atoms with Crippen molar-refractivity contribution in [1.29, 1.82) is 0 Å². The zero-order chi connectivity index (χ0) is 21.4. The van der Waals surface area contributed by atoms with Gasteiger partial charge in [-0.25, -0.2) is 13.1 Å². The first-order valence-electron chi connectivity index (χ1n) is 8.81. The maximum absolute atomic E-state index is 12.1. The summed E-state index contributed by atoms with van der Waals surface area (Å²) >= 11 is 0. The summed E-state index contributed by atoms with van der Waals surface area (Å²) < 4.78 is 31.7. The van der Waals surface area contributed by atoms with Gasteiger partial charge in [0.25, 0.3) is 11.8 Å². The number of ether oxygens (including phenoxy) is 1. The molecule has 0 aliphatic heterocycles. The quantitative estimate of drug-likeness (QED) is 0.477. The number of carbonyl (C=O) groups excluding carboxylic acids is 2. The van der Waals surface area contributed by atoms with Gasteiger partial charge in [0.15, 0.2) is 0 Å². The van der Waals surface area contributed by atoms with Crippen molar-refractivity contribution in [3.05, 3.63) is 54.1 Å². The third-order valence-electron chi connectivity index (χ3n) is 3.68. The molecule has 0 aliphatic rings. The Morgan fingerprint density at radius 3 is 2.14 bits per heavy atom. The number of benzene rings is 2. The molecule has 0 saturated heterocycles. The lowest BCUT2D eigenvalue weighted by molar-refractivity contribution is -0.120. The van der Waals surface area contributed by atoms with E-state index in [4.69, 9.17) is 4.74 Å². The normalized spacial score (nSPS) is 11.0. The number of hydrazine groups is 1. The van der Waals surface area contributed by atoms with E-state index < -0.39 is 21.8 Å². The van der Waals surface area contributed by atoms with Crippen LogP contribution >= 0.6 is 0 Å². The largest absolute Gasteiger partial charge is 0.497 e. The van der Waals surface area contributed by atoms with Gasteiger partial charge >= 0.3 is 0 Å². The van der Waals surface area contributed by atoms with Crippen LogP contribution in [0.5, 0.6) is 5.75 Å². The molecule has 2 aromatic rings. The number of hydrogen-bond donors (Lipinski definition) is 4. The van der Waals surface area contributed by atoms with Crippen LogP contribution in [0, 0.1) is 0 Å². The Balaban J connectivity index is 1.84. The minimum absolute atomic E-state index is 0.0509. The van der Waals surface area contributed by atoms with Gasteiger partial charge in [-0.15, -0.1) is 0 Å². The van der Waals surface area contributed by atoms with Crippen molar-refractivity contribution >= 4 is 27.5 Å². The Morgan fingerprint density at radius 2 is 1.59 bits per heavy atom. The number of rotatable bonds is 8. The predicted octanol–water partition coefficient (Wildman–Crippen LogP) is 1.25. The van der Waals surface area contributed by atoms with Gasteiger partial charge in [0.1, 0.15) is 5.75 Å². The van der Waals surface area contributed by atoms with Crippen LogP contribution in [0.1, 0.15) is 24.2 Å². The second kappa shape index (κ2) is 9.89. The Morgan fingerprint density at radius 1 is 0.966 bits per heavy atom. The average Bonchev–Trinajstić information content (AvgIpc) is 2.70. The highest BCUT2D eigenvalue weighted by Crippen LogP contribution is 2.14. The molecule has 10 heteroatoms. The zero-order valence-electron chi connectivity index (χ0n) is 16.4. The number of nitrogens with one attached hydrogen (secondary N) is 4. The summed E-state index contributed by atoms with van der Waals surface area (Å²) in [7, 11) is -2.07. The first kappa shape index (κ1) is 22.2. The molecule has 156 valence electrons. The van der Waals surface area contributed by atoms with E-state index in [9.17, 15) is 18.0 Å². The number of hydrogen-bond acceptors (Lipinski definition) is 6. The smallest absolute Gasteiger partial charge is 0.269 e. The summed E-state index contributed by atoms with van der Waals surface area (Å²) in [5, 5.41) is 2.91. The summed E-state index contributed by atoms with van der Waals surface area (Å²) in [6.45, 7) is 3.38. The molecule has 0 aromatic heterocycles. The highest BCUT2D eigenvalue weighted by atomic mass is 32.2. The van der Waals surface area contributed by atoms with E-state index in [2.05, 4.69) is 20.9 Å². The summed E-state index contributed by atoms with van der Waals surface area (Å²) in [4.78, 5) is 24.0. The topological polar surface area (TPSA) is 126 Å². The number of methoxy groups -OCH3 is 1. The van der Waals surface area contributed by atoms with Crippen LogP contribution in [0.25, 0.3) is 0 Å². The molecule has 29 heavy (non-hydrogen) atoms. The number of carbonyl (C=O) groups is 2. The van der Waals surface area contributed by atoms with Crippen molar-refractivity contribution in [2.24, 2.45) is 0 Å². The molecule has 4 N–H and O–H groups in total. The monoisotopic (exact) mass is 420 g/mol. The molecule has 2 aromatic carbocycles. The van der Waals surface area contributed by atoms with Gasteiger partial charge in [0.2, 0.25) is 10.0 Å². The minimum atomic E-state index is -3.63. The third kappa shape index (κ3) is 6.77. The molecule has 2 amide bonds.